The second-order valence-electron chi connectivity index (χ2n) is 4.91. The molecule has 0 aliphatic carbocycles. The van der Waals surface area contributed by atoms with Crippen LogP contribution in [0.15, 0.2) is 29.3 Å². The highest BCUT2D eigenvalue weighted by Crippen LogP contribution is 2.31. The second kappa shape index (κ2) is 6.17. The zero-order valence-corrected chi connectivity index (χ0v) is 14.2. The molecule has 3 rings (SSSR count). The first kappa shape index (κ1) is 15.8. The summed E-state index contributed by atoms with van der Waals surface area (Å²) in [5, 5.41) is 3.37. The number of esters is 1. The van der Waals surface area contributed by atoms with Crippen molar-refractivity contribution >= 4 is 57.2 Å². The Kier molecular flexibility index (Phi) is 4.23. The van der Waals surface area contributed by atoms with Gasteiger partial charge in [0.15, 0.2) is 0 Å². The first-order valence-electron chi connectivity index (χ1n) is 7.00. The molecule has 1 aliphatic heterocycles. The van der Waals surface area contributed by atoms with Crippen LogP contribution in [0.2, 0.25) is 0 Å². The van der Waals surface area contributed by atoms with Crippen LogP contribution in [0.25, 0.3) is 17.0 Å². The molecule has 0 spiro atoms. The van der Waals surface area contributed by atoms with E-state index in [0.29, 0.717) is 14.8 Å². The van der Waals surface area contributed by atoms with Gasteiger partial charge < -0.3 is 14.6 Å². The van der Waals surface area contributed by atoms with Crippen LogP contribution in [0.3, 0.4) is 0 Å². The van der Waals surface area contributed by atoms with Crippen LogP contribution in [-0.2, 0) is 16.1 Å². The number of aryl methyl sites for hydroxylation is 1. The third kappa shape index (κ3) is 2.77. The Morgan fingerprint density at radius 3 is 2.87 bits per heavy atom. The number of hydrogen-bond acceptors (Lipinski definition) is 5. The zero-order chi connectivity index (χ0) is 16.6. The number of nitrogens with one attached hydrogen (secondary N) is 1. The van der Waals surface area contributed by atoms with E-state index in [1.807, 2.05) is 29.8 Å². The molecule has 1 fully saturated rings. The standard InChI is InChI=1S/C16H14N2O3S2/c1-3-18-8-9(7-12-14(19)17-16(22)23-12)13-10(15(20)21-2)5-4-6-11(13)18/h4-8H,3H2,1-2H3,(H,17,19,22)/b12-7-. The molecule has 0 saturated carbocycles. The third-order valence-corrected chi connectivity index (χ3v) is 4.77. The van der Waals surface area contributed by atoms with Crippen molar-refractivity contribution in [3.8, 4) is 0 Å². The number of aromatic nitrogens is 1. The van der Waals surface area contributed by atoms with E-state index in [1.165, 1.54) is 18.9 Å². The van der Waals surface area contributed by atoms with Gasteiger partial charge in [-0.2, -0.15) is 0 Å². The predicted molar refractivity (Wildman–Crippen MR) is 95.3 cm³/mol. The summed E-state index contributed by atoms with van der Waals surface area (Å²) < 4.78 is 7.35. The number of amides is 1. The SMILES string of the molecule is CCn1cc(/C=C2\SC(=S)NC2=O)c2c(C(=O)OC)cccc21. The van der Waals surface area contributed by atoms with Gasteiger partial charge >= 0.3 is 5.97 Å². The molecule has 1 N–H and O–H groups in total. The first-order valence-corrected chi connectivity index (χ1v) is 8.22. The fourth-order valence-corrected chi connectivity index (χ4v) is 3.63. The van der Waals surface area contributed by atoms with Crippen molar-refractivity contribution in [2.75, 3.05) is 7.11 Å². The molecule has 0 atom stereocenters. The molecule has 1 amide bonds. The average Bonchev–Trinajstić information content (AvgIpc) is 3.06. The highest BCUT2D eigenvalue weighted by molar-refractivity contribution is 8.26. The number of thiocarbonyl (C=S) groups is 1. The third-order valence-electron chi connectivity index (χ3n) is 3.61. The van der Waals surface area contributed by atoms with E-state index in [9.17, 15) is 9.59 Å². The van der Waals surface area contributed by atoms with Crippen molar-refractivity contribution in [2.24, 2.45) is 0 Å². The smallest absolute Gasteiger partial charge is 0.338 e. The maximum Gasteiger partial charge on any atom is 0.338 e. The minimum atomic E-state index is -0.400. The molecule has 2 heterocycles. The van der Waals surface area contributed by atoms with Crippen molar-refractivity contribution in [1.29, 1.82) is 0 Å². The summed E-state index contributed by atoms with van der Waals surface area (Å²) in [4.78, 5) is 24.5. The number of ether oxygens (including phenoxy) is 1. The van der Waals surface area contributed by atoms with Crippen LogP contribution in [0.1, 0.15) is 22.8 Å². The van der Waals surface area contributed by atoms with Gasteiger partial charge in [-0.3, -0.25) is 4.79 Å². The number of rotatable bonds is 3. The van der Waals surface area contributed by atoms with Crippen LogP contribution >= 0.6 is 24.0 Å². The molecule has 1 aromatic carbocycles. The van der Waals surface area contributed by atoms with Crippen LogP contribution < -0.4 is 5.32 Å². The molecular formula is C16H14N2O3S2. The second-order valence-corrected chi connectivity index (χ2v) is 6.63. The number of carbonyl (C=O) groups is 2. The monoisotopic (exact) mass is 346 g/mol. The normalized spacial score (nSPS) is 16.2. The average molecular weight is 346 g/mol. The number of fused-ring (bicyclic) bond motifs is 1. The van der Waals surface area contributed by atoms with Crippen molar-refractivity contribution in [3.05, 3.63) is 40.4 Å². The van der Waals surface area contributed by atoms with E-state index in [-0.39, 0.29) is 5.91 Å². The van der Waals surface area contributed by atoms with E-state index in [4.69, 9.17) is 17.0 Å². The fourth-order valence-electron chi connectivity index (χ4n) is 2.60. The summed E-state index contributed by atoms with van der Waals surface area (Å²) in [6.45, 7) is 2.77. The van der Waals surface area contributed by atoms with Gasteiger partial charge in [0.1, 0.15) is 4.32 Å². The number of carbonyl (C=O) groups excluding carboxylic acids is 2. The van der Waals surface area contributed by atoms with Crippen LogP contribution in [0.5, 0.6) is 0 Å². The molecule has 1 saturated heterocycles. The quantitative estimate of drug-likeness (QED) is 0.526. The Morgan fingerprint density at radius 1 is 1.48 bits per heavy atom. The van der Waals surface area contributed by atoms with Gasteiger partial charge in [0.25, 0.3) is 5.91 Å². The minimum Gasteiger partial charge on any atom is -0.465 e. The van der Waals surface area contributed by atoms with Gasteiger partial charge in [-0.05, 0) is 25.1 Å². The molecule has 0 radical (unpaired) electrons. The molecule has 0 unspecified atom stereocenters. The van der Waals surface area contributed by atoms with Gasteiger partial charge in [-0.25, -0.2) is 4.79 Å². The molecule has 23 heavy (non-hydrogen) atoms. The molecule has 1 aliphatic rings. The Labute approximate surface area is 142 Å². The molecule has 5 nitrogen and oxygen atoms in total. The number of thioether (sulfide) groups is 1. The summed E-state index contributed by atoms with van der Waals surface area (Å²) in [5.74, 6) is -0.615. The van der Waals surface area contributed by atoms with Gasteiger partial charge in [-0.15, -0.1) is 0 Å². The highest BCUT2D eigenvalue weighted by atomic mass is 32.2. The summed E-state index contributed by atoms with van der Waals surface area (Å²) in [7, 11) is 1.36. The van der Waals surface area contributed by atoms with E-state index in [0.717, 1.165) is 23.0 Å². The van der Waals surface area contributed by atoms with Gasteiger partial charge in [0.2, 0.25) is 0 Å². The lowest BCUT2D eigenvalue weighted by Gasteiger charge is -2.04. The van der Waals surface area contributed by atoms with Crippen molar-refractivity contribution < 1.29 is 14.3 Å². The van der Waals surface area contributed by atoms with Crippen LogP contribution in [0, 0.1) is 0 Å². The lowest BCUT2D eigenvalue weighted by atomic mass is 10.1. The highest BCUT2D eigenvalue weighted by Gasteiger charge is 2.23. The van der Waals surface area contributed by atoms with Crippen LogP contribution in [-0.4, -0.2) is 27.9 Å². The largest absolute Gasteiger partial charge is 0.465 e. The summed E-state index contributed by atoms with van der Waals surface area (Å²) in [6.07, 6.45) is 3.69. The first-order chi connectivity index (χ1) is 11.0. The van der Waals surface area contributed by atoms with E-state index >= 15 is 0 Å². The number of benzene rings is 1. The van der Waals surface area contributed by atoms with Crippen molar-refractivity contribution in [2.45, 2.75) is 13.5 Å². The maximum absolute atomic E-state index is 12.1. The summed E-state index contributed by atoms with van der Waals surface area (Å²) in [5.41, 5.74) is 2.20. The van der Waals surface area contributed by atoms with Crippen molar-refractivity contribution in [1.82, 2.24) is 9.88 Å². The Morgan fingerprint density at radius 2 is 2.26 bits per heavy atom. The molecular weight excluding hydrogens is 332 g/mol. The van der Waals surface area contributed by atoms with E-state index in [1.54, 1.807) is 12.1 Å². The Balaban J connectivity index is 2.24. The summed E-state index contributed by atoms with van der Waals surface area (Å²) >= 11 is 6.23. The lowest BCUT2D eigenvalue weighted by Crippen LogP contribution is -2.17. The van der Waals surface area contributed by atoms with Gasteiger partial charge in [0, 0.05) is 29.2 Å². The van der Waals surface area contributed by atoms with Crippen molar-refractivity contribution in [3.63, 3.8) is 0 Å². The number of methoxy groups -OCH3 is 1. The maximum atomic E-state index is 12.1. The Bertz CT molecular complexity index is 868. The van der Waals surface area contributed by atoms with Crippen LogP contribution in [0.4, 0.5) is 0 Å². The molecule has 2 aromatic rings. The van der Waals surface area contributed by atoms with Gasteiger partial charge in [0.05, 0.1) is 17.6 Å². The molecule has 1 aromatic heterocycles. The molecule has 118 valence electrons. The topological polar surface area (TPSA) is 60.3 Å². The number of nitrogens with zero attached hydrogens (tertiary/aromatic N) is 1. The molecule has 0 bridgehead atoms. The minimum absolute atomic E-state index is 0.215. The molecule has 7 heteroatoms. The predicted octanol–water partition coefficient (Wildman–Crippen LogP) is 2.94. The lowest BCUT2D eigenvalue weighted by molar-refractivity contribution is -0.115. The van der Waals surface area contributed by atoms with E-state index in [2.05, 4.69) is 5.32 Å². The van der Waals surface area contributed by atoms with Gasteiger partial charge in [-0.1, -0.05) is 30.0 Å². The van der Waals surface area contributed by atoms with E-state index < -0.39 is 5.97 Å². The Hall–Kier alpha value is -2.12. The fraction of sp³-hybridized carbons (Fsp3) is 0.188. The summed E-state index contributed by atoms with van der Waals surface area (Å²) in [6, 6.07) is 5.49. The zero-order valence-electron chi connectivity index (χ0n) is 12.6. The number of hydrogen-bond donors (Lipinski definition) is 1.